The molecule has 0 unspecified atom stereocenters. The molecule has 7 heteroatoms. The van der Waals surface area contributed by atoms with Crippen molar-refractivity contribution in [2.24, 2.45) is 0 Å². The number of benzene rings is 1. The Labute approximate surface area is 166 Å². The maximum absolute atomic E-state index is 11.4. The second-order valence-electron chi connectivity index (χ2n) is 10.0. The maximum atomic E-state index is 11.4. The molecule has 0 saturated carbocycles. The standard InChI is InChI=1S/C20H35NO4Si2/c1-19(2,3)26(7,8)24-18(25-27(9,10)20(4,5)6)15-16-13-11-12-14-17(16)21(22)23/h11-15H,1-10H3. The Kier molecular flexibility index (Phi) is 6.76. The zero-order valence-corrected chi connectivity index (χ0v) is 20.5. The summed E-state index contributed by atoms with van der Waals surface area (Å²) in [5, 5.41) is 11.4. The third-order valence-corrected chi connectivity index (χ3v) is 14.4. The molecule has 5 nitrogen and oxygen atoms in total. The quantitative estimate of drug-likeness (QED) is 0.221. The first-order valence-corrected chi connectivity index (χ1v) is 15.1. The average Bonchev–Trinajstić information content (AvgIpc) is 2.44. The van der Waals surface area contributed by atoms with Crippen LogP contribution in [0, 0.1) is 10.1 Å². The molecule has 0 amide bonds. The summed E-state index contributed by atoms with van der Waals surface area (Å²) in [5.41, 5.74) is 0.544. The average molecular weight is 410 g/mol. The molecule has 0 saturated heterocycles. The molecule has 0 fully saturated rings. The van der Waals surface area contributed by atoms with E-state index in [4.69, 9.17) is 8.85 Å². The van der Waals surface area contributed by atoms with E-state index < -0.39 is 16.6 Å². The molecule has 1 aromatic rings. The minimum atomic E-state index is -2.17. The lowest BCUT2D eigenvalue weighted by Gasteiger charge is -2.41. The van der Waals surface area contributed by atoms with Gasteiger partial charge in [-0.05, 0) is 42.3 Å². The normalized spacial score (nSPS) is 13.1. The van der Waals surface area contributed by atoms with Crippen LogP contribution in [0.25, 0.3) is 6.08 Å². The Morgan fingerprint density at radius 3 is 1.70 bits per heavy atom. The Hall–Kier alpha value is -1.61. The molecule has 0 aromatic heterocycles. The van der Waals surface area contributed by atoms with E-state index in [1.54, 1.807) is 24.3 Å². The predicted molar refractivity (Wildman–Crippen MR) is 118 cm³/mol. The Balaban J connectivity index is 3.45. The van der Waals surface area contributed by atoms with Gasteiger partial charge in [-0.2, -0.15) is 0 Å². The van der Waals surface area contributed by atoms with E-state index >= 15 is 0 Å². The molecule has 0 aliphatic carbocycles. The van der Waals surface area contributed by atoms with Gasteiger partial charge in [0.05, 0.1) is 10.5 Å². The summed E-state index contributed by atoms with van der Waals surface area (Å²) in [6, 6.07) is 6.68. The second-order valence-corrected chi connectivity index (χ2v) is 19.5. The van der Waals surface area contributed by atoms with Crippen LogP contribution < -0.4 is 0 Å². The summed E-state index contributed by atoms with van der Waals surface area (Å²) in [7, 11) is -4.33. The lowest BCUT2D eigenvalue weighted by Crippen LogP contribution is -2.45. The monoisotopic (exact) mass is 409 g/mol. The number of hydrogen-bond donors (Lipinski definition) is 0. The fourth-order valence-electron chi connectivity index (χ4n) is 1.79. The van der Waals surface area contributed by atoms with E-state index in [0.717, 1.165) is 0 Å². The fraction of sp³-hybridized carbons (Fsp3) is 0.600. The lowest BCUT2D eigenvalue weighted by atomic mass is 10.2. The summed E-state index contributed by atoms with van der Waals surface area (Å²) in [6.45, 7) is 21.6. The minimum Gasteiger partial charge on any atom is -0.520 e. The lowest BCUT2D eigenvalue weighted by molar-refractivity contribution is -0.385. The number of para-hydroxylation sites is 1. The van der Waals surface area contributed by atoms with Gasteiger partial charge in [-0.25, -0.2) is 0 Å². The highest BCUT2D eigenvalue weighted by Gasteiger charge is 2.43. The Morgan fingerprint density at radius 1 is 0.926 bits per heavy atom. The van der Waals surface area contributed by atoms with Gasteiger partial charge in [0.15, 0.2) is 0 Å². The molecule has 1 rings (SSSR count). The highest BCUT2D eigenvalue weighted by Crippen LogP contribution is 2.42. The smallest absolute Gasteiger partial charge is 0.276 e. The molecule has 0 spiro atoms. The number of nitro benzene ring substituents is 1. The van der Waals surface area contributed by atoms with Crippen LogP contribution in [-0.2, 0) is 8.85 Å². The number of nitro groups is 1. The molecule has 0 aliphatic heterocycles. The largest absolute Gasteiger partial charge is 0.520 e. The van der Waals surface area contributed by atoms with Gasteiger partial charge in [0.1, 0.15) is 0 Å². The molecule has 0 bridgehead atoms. The predicted octanol–water partition coefficient (Wildman–Crippen LogP) is 6.94. The van der Waals surface area contributed by atoms with Crippen molar-refractivity contribution in [2.45, 2.75) is 77.8 Å². The summed E-state index contributed by atoms with van der Waals surface area (Å²) < 4.78 is 12.9. The van der Waals surface area contributed by atoms with Crippen LogP contribution in [0.4, 0.5) is 5.69 Å². The first kappa shape index (κ1) is 23.4. The van der Waals surface area contributed by atoms with Gasteiger partial charge in [0, 0.05) is 12.1 Å². The van der Waals surface area contributed by atoms with Crippen molar-refractivity contribution in [3.63, 3.8) is 0 Å². The van der Waals surface area contributed by atoms with Crippen molar-refractivity contribution in [1.29, 1.82) is 0 Å². The van der Waals surface area contributed by atoms with Crippen LogP contribution in [0.2, 0.25) is 36.3 Å². The first-order chi connectivity index (χ1) is 12.0. The van der Waals surface area contributed by atoms with E-state index in [1.165, 1.54) is 6.07 Å². The molecule has 0 radical (unpaired) electrons. The second kappa shape index (κ2) is 7.79. The van der Waals surface area contributed by atoms with E-state index in [-0.39, 0.29) is 20.7 Å². The van der Waals surface area contributed by atoms with Crippen molar-refractivity contribution in [3.05, 3.63) is 45.9 Å². The summed E-state index contributed by atoms with van der Waals surface area (Å²) in [6.07, 6.45) is 1.69. The first-order valence-electron chi connectivity index (χ1n) is 9.31. The third kappa shape index (κ3) is 5.94. The van der Waals surface area contributed by atoms with Crippen LogP contribution >= 0.6 is 0 Å². The van der Waals surface area contributed by atoms with Gasteiger partial charge in [0.2, 0.25) is 0 Å². The van der Waals surface area contributed by atoms with Crippen LogP contribution in [0.15, 0.2) is 30.2 Å². The summed E-state index contributed by atoms with van der Waals surface area (Å²) in [4.78, 5) is 11.0. The molecule has 0 N–H and O–H groups in total. The molecule has 27 heavy (non-hydrogen) atoms. The number of rotatable bonds is 6. The molecule has 0 heterocycles. The van der Waals surface area contributed by atoms with Crippen LogP contribution in [0.1, 0.15) is 47.1 Å². The summed E-state index contributed by atoms with van der Waals surface area (Å²) in [5.74, 6) is 0.405. The van der Waals surface area contributed by atoms with E-state index in [1.807, 2.05) is 0 Å². The number of hydrogen-bond acceptors (Lipinski definition) is 4. The van der Waals surface area contributed by atoms with Crippen molar-refractivity contribution in [1.82, 2.24) is 0 Å². The highest BCUT2D eigenvalue weighted by molar-refractivity contribution is 6.75. The zero-order chi connectivity index (χ0) is 21.3. The number of nitrogens with zero attached hydrogens (tertiary/aromatic N) is 1. The fourth-order valence-corrected chi connectivity index (χ4v) is 3.69. The van der Waals surface area contributed by atoms with Crippen LogP contribution in [0.3, 0.4) is 0 Å². The molecule has 152 valence electrons. The summed E-state index contributed by atoms with van der Waals surface area (Å²) >= 11 is 0. The van der Waals surface area contributed by atoms with Crippen molar-refractivity contribution < 1.29 is 13.8 Å². The topological polar surface area (TPSA) is 61.6 Å². The third-order valence-electron chi connectivity index (χ3n) is 5.73. The molecule has 0 aliphatic rings. The van der Waals surface area contributed by atoms with Gasteiger partial charge in [0.25, 0.3) is 28.3 Å². The zero-order valence-electron chi connectivity index (χ0n) is 18.5. The maximum Gasteiger partial charge on any atom is 0.276 e. The SMILES string of the molecule is CC(C)(C)[Si](C)(C)OC(=Cc1ccccc1[N+](=O)[O-])O[Si](C)(C)C(C)(C)C. The van der Waals surface area contributed by atoms with E-state index in [0.29, 0.717) is 11.5 Å². The highest BCUT2D eigenvalue weighted by atomic mass is 28.4. The van der Waals surface area contributed by atoms with E-state index in [2.05, 4.69) is 67.7 Å². The van der Waals surface area contributed by atoms with Crippen LogP contribution in [-0.4, -0.2) is 21.6 Å². The van der Waals surface area contributed by atoms with E-state index in [9.17, 15) is 10.1 Å². The van der Waals surface area contributed by atoms with Gasteiger partial charge >= 0.3 is 0 Å². The van der Waals surface area contributed by atoms with Gasteiger partial charge in [-0.3, -0.25) is 10.1 Å². The Bertz CT molecular complexity index is 683. The van der Waals surface area contributed by atoms with Gasteiger partial charge < -0.3 is 8.85 Å². The van der Waals surface area contributed by atoms with Crippen LogP contribution in [0.5, 0.6) is 0 Å². The van der Waals surface area contributed by atoms with Crippen molar-refractivity contribution in [3.8, 4) is 0 Å². The van der Waals surface area contributed by atoms with Gasteiger partial charge in [-0.15, -0.1) is 0 Å². The Morgan fingerprint density at radius 2 is 1.33 bits per heavy atom. The molecule has 0 atom stereocenters. The van der Waals surface area contributed by atoms with Gasteiger partial charge in [-0.1, -0.05) is 53.7 Å². The molecule has 1 aromatic carbocycles. The molecular weight excluding hydrogens is 374 g/mol. The molecular formula is C20H35NO4Si2. The van der Waals surface area contributed by atoms with Crippen molar-refractivity contribution >= 4 is 28.4 Å². The minimum absolute atomic E-state index is 0.00843. The van der Waals surface area contributed by atoms with Crippen molar-refractivity contribution in [2.75, 3.05) is 0 Å².